The molecule has 0 aromatic heterocycles. The first-order valence-corrected chi connectivity index (χ1v) is 7.20. The summed E-state index contributed by atoms with van der Waals surface area (Å²) in [6, 6.07) is 0. The second-order valence-electron chi connectivity index (χ2n) is 6.83. The monoisotopic (exact) mass is 242 g/mol. The van der Waals surface area contributed by atoms with Crippen LogP contribution in [0.4, 0.5) is 0 Å². The first kappa shape index (κ1) is 15.0. The minimum absolute atomic E-state index is 0.101. The molecule has 0 amide bonds. The van der Waals surface area contributed by atoms with Crippen molar-refractivity contribution in [3.63, 3.8) is 0 Å². The molecule has 1 fully saturated rings. The van der Waals surface area contributed by atoms with Crippen LogP contribution in [0, 0.1) is 17.8 Å². The lowest BCUT2D eigenvalue weighted by Gasteiger charge is -2.35. The van der Waals surface area contributed by atoms with Crippen molar-refractivity contribution in [2.24, 2.45) is 17.8 Å². The average Bonchev–Trinajstić information content (AvgIpc) is 2.15. The van der Waals surface area contributed by atoms with Gasteiger partial charge in [0.05, 0.1) is 11.7 Å². The maximum Gasteiger partial charge on any atom is 0.0591 e. The Balaban J connectivity index is 2.30. The van der Waals surface area contributed by atoms with Gasteiger partial charge in [0.25, 0.3) is 0 Å². The molecule has 0 aromatic rings. The second kappa shape index (κ2) is 6.19. The molecule has 1 saturated carbocycles. The molecule has 2 N–H and O–H groups in total. The van der Waals surface area contributed by atoms with E-state index in [2.05, 4.69) is 13.8 Å². The van der Waals surface area contributed by atoms with E-state index >= 15 is 0 Å². The van der Waals surface area contributed by atoms with Crippen molar-refractivity contribution in [3.05, 3.63) is 0 Å². The SMILES string of the molecule is CC1CCC([C@@H](C)CCCC(C)(C)O)C(O)C1. The summed E-state index contributed by atoms with van der Waals surface area (Å²) in [4.78, 5) is 0. The van der Waals surface area contributed by atoms with Crippen molar-refractivity contribution in [2.45, 2.75) is 77.9 Å². The number of aliphatic hydroxyl groups is 2. The van der Waals surface area contributed by atoms with Crippen molar-refractivity contribution >= 4 is 0 Å². The summed E-state index contributed by atoms with van der Waals surface area (Å²) in [6.45, 7) is 8.23. The van der Waals surface area contributed by atoms with Gasteiger partial charge in [0.2, 0.25) is 0 Å². The normalized spacial score (nSPS) is 32.5. The van der Waals surface area contributed by atoms with E-state index in [9.17, 15) is 10.2 Å². The van der Waals surface area contributed by atoms with E-state index in [1.54, 1.807) is 0 Å². The Hall–Kier alpha value is -0.0800. The Bertz CT molecular complexity index is 219. The van der Waals surface area contributed by atoms with E-state index in [-0.39, 0.29) is 6.10 Å². The maximum absolute atomic E-state index is 10.1. The van der Waals surface area contributed by atoms with E-state index < -0.39 is 5.60 Å². The zero-order chi connectivity index (χ0) is 13.1. The van der Waals surface area contributed by atoms with Crippen LogP contribution < -0.4 is 0 Å². The minimum Gasteiger partial charge on any atom is -0.393 e. The molecule has 0 aromatic carbocycles. The molecular formula is C15H30O2. The lowest BCUT2D eigenvalue weighted by atomic mass is 9.73. The number of aliphatic hydroxyl groups excluding tert-OH is 1. The second-order valence-corrected chi connectivity index (χ2v) is 6.83. The topological polar surface area (TPSA) is 40.5 Å². The predicted molar refractivity (Wildman–Crippen MR) is 71.8 cm³/mol. The molecule has 2 nitrogen and oxygen atoms in total. The molecule has 0 saturated heterocycles. The summed E-state index contributed by atoms with van der Waals surface area (Å²) < 4.78 is 0. The zero-order valence-electron chi connectivity index (χ0n) is 11.9. The predicted octanol–water partition coefficient (Wildman–Crippen LogP) is 3.36. The molecule has 0 heterocycles. The summed E-state index contributed by atoms with van der Waals surface area (Å²) >= 11 is 0. The van der Waals surface area contributed by atoms with Gasteiger partial charge in [0.15, 0.2) is 0 Å². The molecule has 1 aliphatic carbocycles. The lowest BCUT2D eigenvalue weighted by molar-refractivity contribution is 0.0170. The van der Waals surface area contributed by atoms with Crippen LogP contribution in [0.5, 0.6) is 0 Å². The van der Waals surface area contributed by atoms with Gasteiger partial charge in [0, 0.05) is 0 Å². The van der Waals surface area contributed by atoms with Crippen molar-refractivity contribution in [2.75, 3.05) is 0 Å². The van der Waals surface area contributed by atoms with Crippen LogP contribution in [0.3, 0.4) is 0 Å². The highest BCUT2D eigenvalue weighted by Crippen LogP contribution is 2.35. The molecule has 0 bridgehead atoms. The smallest absolute Gasteiger partial charge is 0.0591 e. The van der Waals surface area contributed by atoms with E-state index in [0.717, 1.165) is 25.7 Å². The average molecular weight is 242 g/mol. The Morgan fingerprint density at radius 1 is 1.29 bits per heavy atom. The lowest BCUT2D eigenvalue weighted by Crippen LogP contribution is -2.33. The highest BCUT2D eigenvalue weighted by molar-refractivity contribution is 4.81. The number of hydrogen-bond acceptors (Lipinski definition) is 2. The molecule has 3 unspecified atom stereocenters. The molecule has 0 aliphatic heterocycles. The van der Waals surface area contributed by atoms with Crippen LogP contribution in [0.15, 0.2) is 0 Å². The Morgan fingerprint density at radius 3 is 2.47 bits per heavy atom. The van der Waals surface area contributed by atoms with Crippen molar-refractivity contribution in [3.8, 4) is 0 Å². The third-order valence-corrected chi connectivity index (χ3v) is 4.31. The van der Waals surface area contributed by atoms with Gasteiger partial charge in [-0.15, -0.1) is 0 Å². The standard InChI is InChI=1S/C15H30O2/c1-11-7-8-13(14(16)10-11)12(2)6-5-9-15(3,4)17/h11-14,16-17H,5-10H2,1-4H3/t11?,12-,13?,14?/m0/s1. The summed E-state index contributed by atoms with van der Waals surface area (Å²) in [5.41, 5.74) is -0.542. The fourth-order valence-corrected chi connectivity index (χ4v) is 3.11. The summed E-state index contributed by atoms with van der Waals surface area (Å²) in [6.07, 6.45) is 6.35. The summed E-state index contributed by atoms with van der Waals surface area (Å²) in [5.74, 6) is 1.75. The van der Waals surface area contributed by atoms with Gasteiger partial charge in [-0.1, -0.05) is 33.1 Å². The maximum atomic E-state index is 10.1. The number of hydrogen-bond donors (Lipinski definition) is 2. The highest BCUT2D eigenvalue weighted by atomic mass is 16.3. The first-order chi connectivity index (χ1) is 7.79. The van der Waals surface area contributed by atoms with Crippen LogP contribution >= 0.6 is 0 Å². The molecule has 0 spiro atoms. The van der Waals surface area contributed by atoms with E-state index in [0.29, 0.717) is 17.8 Å². The number of rotatable bonds is 5. The van der Waals surface area contributed by atoms with Gasteiger partial charge in [-0.3, -0.25) is 0 Å². The first-order valence-electron chi connectivity index (χ1n) is 7.20. The van der Waals surface area contributed by atoms with Gasteiger partial charge in [0.1, 0.15) is 0 Å². The fourth-order valence-electron chi connectivity index (χ4n) is 3.11. The van der Waals surface area contributed by atoms with Crippen LogP contribution in [-0.2, 0) is 0 Å². The molecule has 2 heteroatoms. The van der Waals surface area contributed by atoms with Gasteiger partial charge in [-0.2, -0.15) is 0 Å². The molecular weight excluding hydrogens is 212 g/mol. The van der Waals surface area contributed by atoms with Gasteiger partial charge in [-0.25, -0.2) is 0 Å². The molecule has 17 heavy (non-hydrogen) atoms. The quantitative estimate of drug-likeness (QED) is 0.776. The van der Waals surface area contributed by atoms with Crippen molar-refractivity contribution < 1.29 is 10.2 Å². The Labute approximate surface area is 106 Å². The van der Waals surface area contributed by atoms with Crippen LogP contribution in [-0.4, -0.2) is 21.9 Å². The van der Waals surface area contributed by atoms with Gasteiger partial charge in [-0.05, 0) is 50.9 Å². The molecule has 1 rings (SSSR count). The van der Waals surface area contributed by atoms with E-state index in [1.807, 2.05) is 13.8 Å². The molecule has 1 aliphatic rings. The highest BCUT2D eigenvalue weighted by Gasteiger charge is 2.30. The Morgan fingerprint density at radius 2 is 1.94 bits per heavy atom. The van der Waals surface area contributed by atoms with Crippen LogP contribution in [0.1, 0.15) is 66.2 Å². The van der Waals surface area contributed by atoms with E-state index in [1.165, 1.54) is 12.8 Å². The summed E-state index contributed by atoms with van der Waals surface area (Å²) in [5, 5.41) is 19.8. The van der Waals surface area contributed by atoms with Gasteiger partial charge < -0.3 is 10.2 Å². The van der Waals surface area contributed by atoms with Crippen LogP contribution in [0.25, 0.3) is 0 Å². The van der Waals surface area contributed by atoms with Gasteiger partial charge >= 0.3 is 0 Å². The fraction of sp³-hybridized carbons (Fsp3) is 1.00. The Kier molecular flexibility index (Phi) is 5.46. The minimum atomic E-state index is -0.542. The third kappa shape index (κ3) is 5.39. The largest absolute Gasteiger partial charge is 0.393 e. The molecule has 102 valence electrons. The van der Waals surface area contributed by atoms with Crippen LogP contribution in [0.2, 0.25) is 0 Å². The van der Waals surface area contributed by atoms with Crippen molar-refractivity contribution in [1.82, 2.24) is 0 Å². The third-order valence-electron chi connectivity index (χ3n) is 4.31. The summed E-state index contributed by atoms with van der Waals surface area (Å²) in [7, 11) is 0. The molecule has 0 radical (unpaired) electrons. The van der Waals surface area contributed by atoms with E-state index in [4.69, 9.17) is 0 Å². The van der Waals surface area contributed by atoms with Crippen molar-refractivity contribution in [1.29, 1.82) is 0 Å². The molecule has 4 atom stereocenters. The zero-order valence-corrected chi connectivity index (χ0v) is 11.9.